The van der Waals surface area contributed by atoms with E-state index in [0.717, 1.165) is 5.56 Å². The van der Waals surface area contributed by atoms with E-state index in [1.807, 2.05) is 26.8 Å². The Labute approximate surface area is 119 Å². The van der Waals surface area contributed by atoms with Gasteiger partial charge in [0, 0.05) is 18.6 Å². The zero-order chi connectivity index (χ0) is 15.3. The standard InChI is InChI=1S/C15H23NO4/c1-15(2,3)16(8-7-14(18)19)10-11-5-6-13(20-4)12(17)9-11/h5-6,9,17H,7-8,10H2,1-4H3,(H,18,19). The molecule has 0 heterocycles. The number of carbonyl (C=O) groups is 1. The molecule has 0 aliphatic carbocycles. The van der Waals surface area contributed by atoms with E-state index in [-0.39, 0.29) is 17.7 Å². The predicted octanol–water partition coefficient (Wildman–Crippen LogP) is 2.48. The Hall–Kier alpha value is -1.75. The van der Waals surface area contributed by atoms with Gasteiger partial charge in [-0.25, -0.2) is 0 Å². The van der Waals surface area contributed by atoms with E-state index in [1.165, 1.54) is 7.11 Å². The minimum Gasteiger partial charge on any atom is -0.504 e. The molecule has 0 aromatic heterocycles. The van der Waals surface area contributed by atoms with Crippen LogP contribution in [0.3, 0.4) is 0 Å². The molecule has 0 atom stereocenters. The van der Waals surface area contributed by atoms with Crippen LogP contribution in [0.25, 0.3) is 0 Å². The lowest BCUT2D eigenvalue weighted by molar-refractivity contribution is -0.137. The summed E-state index contributed by atoms with van der Waals surface area (Å²) in [5.41, 5.74) is 0.772. The predicted molar refractivity (Wildman–Crippen MR) is 77.1 cm³/mol. The van der Waals surface area contributed by atoms with E-state index in [2.05, 4.69) is 4.90 Å². The van der Waals surface area contributed by atoms with Crippen molar-refractivity contribution in [3.05, 3.63) is 23.8 Å². The molecule has 0 spiro atoms. The van der Waals surface area contributed by atoms with E-state index in [0.29, 0.717) is 18.8 Å². The first-order valence-electron chi connectivity index (χ1n) is 6.56. The molecule has 0 aliphatic rings. The Bertz CT molecular complexity index is 465. The maximum atomic E-state index is 10.7. The maximum Gasteiger partial charge on any atom is 0.304 e. The number of carboxylic acid groups (broad SMARTS) is 1. The van der Waals surface area contributed by atoms with Crippen molar-refractivity contribution in [1.29, 1.82) is 0 Å². The number of aliphatic carboxylic acids is 1. The fraction of sp³-hybridized carbons (Fsp3) is 0.533. The van der Waals surface area contributed by atoms with Crippen molar-refractivity contribution in [3.63, 3.8) is 0 Å². The number of rotatable bonds is 6. The summed E-state index contributed by atoms with van der Waals surface area (Å²) in [6, 6.07) is 5.24. The molecule has 0 saturated carbocycles. The highest BCUT2D eigenvalue weighted by Crippen LogP contribution is 2.28. The molecule has 0 saturated heterocycles. The average Bonchev–Trinajstić information content (AvgIpc) is 2.33. The van der Waals surface area contributed by atoms with Gasteiger partial charge in [-0.3, -0.25) is 9.69 Å². The minimum atomic E-state index is -0.808. The molecule has 5 nitrogen and oxygen atoms in total. The van der Waals surface area contributed by atoms with E-state index in [1.54, 1.807) is 12.1 Å². The highest BCUT2D eigenvalue weighted by molar-refractivity contribution is 5.66. The first-order valence-corrected chi connectivity index (χ1v) is 6.56. The third-order valence-electron chi connectivity index (χ3n) is 3.16. The van der Waals surface area contributed by atoms with Crippen molar-refractivity contribution in [2.75, 3.05) is 13.7 Å². The minimum absolute atomic E-state index is 0.0945. The van der Waals surface area contributed by atoms with Crippen LogP contribution in [0.1, 0.15) is 32.8 Å². The smallest absolute Gasteiger partial charge is 0.304 e. The summed E-state index contributed by atoms with van der Waals surface area (Å²) < 4.78 is 5.01. The molecule has 0 fully saturated rings. The lowest BCUT2D eigenvalue weighted by Crippen LogP contribution is -2.41. The van der Waals surface area contributed by atoms with Gasteiger partial charge in [0.1, 0.15) is 0 Å². The number of ether oxygens (including phenoxy) is 1. The van der Waals surface area contributed by atoms with Crippen LogP contribution < -0.4 is 4.74 Å². The van der Waals surface area contributed by atoms with Crippen LogP contribution in [0.5, 0.6) is 11.5 Å². The van der Waals surface area contributed by atoms with Crippen LogP contribution in [-0.2, 0) is 11.3 Å². The van der Waals surface area contributed by atoms with Crippen LogP contribution in [0.2, 0.25) is 0 Å². The zero-order valence-electron chi connectivity index (χ0n) is 12.5. The summed E-state index contributed by atoms with van der Waals surface area (Å²) in [6.07, 6.45) is 0.0966. The summed E-state index contributed by atoms with van der Waals surface area (Å²) in [5.74, 6) is -0.282. The molecule has 2 N–H and O–H groups in total. The second-order valence-corrected chi connectivity index (χ2v) is 5.74. The molecule has 5 heteroatoms. The number of hydrogen-bond donors (Lipinski definition) is 2. The van der Waals surface area contributed by atoms with Crippen LogP contribution in [-0.4, -0.2) is 40.3 Å². The topological polar surface area (TPSA) is 70.0 Å². The van der Waals surface area contributed by atoms with E-state index < -0.39 is 5.97 Å². The van der Waals surface area contributed by atoms with E-state index in [4.69, 9.17) is 9.84 Å². The Morgan fingerprint density at radius 2 is 2.00 bits per heavy atom. The van der Waals surface area contributed by atoms with Crippen molar-refractivity contribution >= 4 is 5.97 Å². The number of hydrogen-bond acceptors (Lipinski definition) is 4. The number of methoxy groups -OCH3 is 1. The maximum absolute atomic E-state index is 10.7. The molecule has 0 aliphatic heterocycles. The molecular formula is C15H23NO4. The molecule has 1 rings (SSSR count). The first-order chi connectivity index (χ1) is 9.24. The summed E-state index contributed by atoms with van der Waals surface area (Å²) in [5, 5.41) is 18.6. The highest BCUT2D eigenvalue weighted by atomic mass is 16.5. The van der Waals surface area contributed by atoms with Gasteiger partial charge in [0.05, 0.1) is 13.5 Å². The van der Waals surface area contributed by atoms with Gasteiger partial charge in [-0.05, 0) is 38.5 Å². The van der Waals surface area contributed by atoms with Gasteiger partial charge < -0.3 is 14.9 Å². The summed E-state index contributed by atoms with van der Waals surface area (Å²) in [7, 11) is 1.50. The number of phenolic OH excluding ortho intramolecular Hbond substituents is 1. The Balaban J connectivity index is 2.84. The number of phenols is 1. The Kier molecular flexibility index (Phi) is 5.39. The van der Waals surface area contributed by atoms with Gasteiger partial charge in [0.25, 0.3) is 0 Å². The molecule has 0 amide bonds. The van der Waals surface area contributed by atoms with Gasteiger partial charge in [-0.2, -0.15) is 0 Å². The zero-order valence-corrected chi connectivity index (χ0v) is 12.5. The highest BCUT2D eigenvalue weighted by Gasteiger charge is 2.22. The van der Waals surface area contributed by atoms with Crippen LogP contribution in [0, 0.1) is 0 Å². The fourth-order valence-corrected chi connectivity index (χ4v) is 1.94. The van der Waals surface area contributed by atoms with Gasteiger partial charge >= 0.3 is 5.97 Å². The Morgan fingerprint density at radius 1 is 1.35 bits per heavy atom. The molecule has 1 aromatic carbocycles. The Morgan fingerprint density at radius 3 is 2.45 bits per heavy atom. The molecule has 0 bridgehead atoms. The molecule has 112 valence electrons. The first kappa shape index (κ1) is 16.3. The quantitative estimate of drug-likeness (QED) is 0.838. The van der Waals surface area contributed by atoms with Gasteiger partial charge in [-0.15, -0.1) is 0 Å². The van der Waals surface area contributed by atoms with Crippen LogP contribution in [0.4, 0.5) is 0 Å². The third-order valence-corrected chi connectivity index (χ3v) is 3.16. The van der Waals surface area contributed by atoms with Crippen molar-refractivity contribution in [2.45, 2.75) is 39.3 Å². The van der Waals surface area contributed by atoms with Gasteiger partial charge in [0.15, 0.2) is 11.5 Å². The van der Waals surface area contributed by atoms with E-state index >= 15 is 0 Å². The number of nitrogens with zero attached hydrogens (tertiary/aromatic N) is 1. The lowest BCUT2D eigenvalue weighted by atomic mass is 10.0. The fourth-order valence-electron chi connectivity index (χ4n) is 1.94. The SMILES string of the molecule is COc1ccc(CN(CCC(=O)O)C(C)(C)C)cc1O. The summed E-state index contributed by atoms with van der Waals surface area (Å²) in [6.45, 7) is 7.16. The van der Waals surface area contributed by atoms with Crippen molar-refractivity contribution in [2.24, 2.45) is 0 Å². The largest absolute Gasteiger partial charge is 0.504 e. The molecular weight excluding hydrogens is 258 g/mol. The van der Waals surface area contributed by atoms with Crippen LogP contribution in [0.15, 0.2) is 18.2 Å². The molecule has 20 heavy (non-hydrogen) atoms. The average molecular weight is 281 g/mol. The van der Waals surface area contributed by atoms with Crippen LogP contribution >= 0.6 is 0 Å². The molecule has 1 aromatic rings. The number of aromatic hydroxyl groups is 1. The van der Waals surface area contributed by atoms with Crippen molar-refractivity contribution < 1.29 is 19.7 Å². The summed E-state index contributed by atoms with van der Waals surface area (Å²) >= 11 is 0. The van der Waals surface area contributed by atoms with Crippen molar-refractivity contribution in [3.8, 4) is 11.5 Å². The third kappa shape index (κ3) is 4.74. The van der Waals surface area contributed by atoms with E-state index in [9.17, 15) is 9.90 Å². The second kappa shape index (κ2) is 6.61. The van der Waals surface area contributed by atoms with Gasteiger partial charge in [-0.1, -0.05) is 6.07 Å². The molecule has 0 radical (unpaired) electrons. The molecule has 0 unspecified atom stereocenters. The van der Waals surface area contributed by atoms with Gasteiger partial charge in [0.2, 0.25) is 0 Å². The van der Waals surface area contributed by atoms with Crippen molar-refractivity contribution in [1.82, 2.24) is 4.90 Å². The lowest BCUT2D eigenvalue weighted by Gasteiger charge is -2.35. The summed E-state index contributed by atoms with van der Waals surface area (Å²) in [4.78, 5) is 12.8. The normalized spacial score (nSPS) is 11.7. The second-order valence-electron chi connectivity index (χ2n) is 5.74. The number of carboxylic acids is 1. The number of benzene rings is 1. The monoisotopic (exact) mass is 281 g/mol.